The summed E-state index contributed by atoms with van der Waals surface area (Å²) in [6.07, 6.45) is 1.40. The first-order chi connectivity index (χ1) is 11.6. The smallest absolute Gasteiger partial charge is 0.334 e. The number of fused-ring (bicyclic) bond motifs is 5. The lowest BCUT2D eigenvalue weighted by molar-refractivity contribution is -0.139. The van der Waals surface area contributed by atoms with E-state index in [9.17, 15) is 9.59 Å². The Morgan fingerprint density at radius 3 is 2.96 bits per heavy atom. The van der Waals surface area contributed by atoms with Crippen molar-refractivity contribution in [3.8, 4) is 0 Å². The molecule has 5 heteroatoms. The molecule has 2 aliphatic heterocycles. The maximum Gasteiger partial charge on any atom is 0.334 e. The molecule has 1 fully saturated rings. The van der Waals surface area contributed by atoms with Gasteiger partial charge in [0.2, 0.25) is 0 Å². The standard InChI is InChI=1S/C19H20N2O3/c1-3-24-19(23)11(2)14-10-16-17-13(8-9-21(16)18(14)22)12-6-4-5-7-15(12)20-17/h4-7,16,20H,3,8-10H2,1-2H3/b14-11+. The van der Waals surface area contributed by atoms with Crippen LogP contribution in [0.15, 0.2) is 35.4 Å². The third kappa shape index (κ3) is 2.08. The maximum atomic E-state index is 12.8. The Hall–Kier alpha value is -2.56. The molecular formula is C19H20N2O3. The largest absolute Gasteiger partial charge is 0.463 e. The Bertz CT molecular complexity index is 878. The molecule has 0 aliphatic carbocycles. The van der Waals surface area contributed by atoms with Crippen molar-refractivity contribution in [2.24, 2.45) is 0 Å². The fourth-order valence-corrected chi connectivity index (χ4v) is 3.90. The van der Waals surface area contributed by atoms with Gasteiger partial charge in [0.05, 0.1) is 12.6 Å². The molecule has 1 unspecified atom stereocenters. The molecule has 124 valence electrons. The van der Waals surface area contributed by atoms with E-state index in [2.05, 4.69) is 17.1 Å². The van der Waals surface area contributed by atoms with Crippen LogP contribution in [0.4, 0.5) is 0 Å². The molecule has 1 aromatic heterocycles. The maximum absolute atomic E-state index is 12.8. The van der Waals surface area contributed by atoms with E-state index >= 15 is 0 Å². The minimum absolute atomic E-state index is 0.00646. The average Bonchev–Trinajstić information content (AvgIpc) is 3.12. The minimum atomic E-state index is -0.391. The minimum Gasteiger partial charge on any atom is -0.463 e. The molecule has 1 amide bonds. The lowest BCUT2D eigenvalue weighted by Crippen LogP contribution is -2.34. The molecule has 5 nitrogen and oxygen atoms in total. The van der Waals surface area contributed by atoms with Crippen molar-refractivity contribution in [1.82, 2.24) is 9.88 Å². The number of H-pyrrole nitrogens is 1. The Balaban J connectivity index is 1.76. The highest BCUT2D eigenvalue weighted by atomic mass is 16.5. The van der Waals surface area contributed by atoms with Crippen LogP contribution in [0.25, 0.3) is 10.9 Å². The zero-order valence-electron chi connectivity index (χ0n) is 13.9. The number of ether oxygens (including phenoxy) is 1. The summed E-state index contributed by atoms with van der Waals surface area (Å²) < 4.78 is 5.06. The van der Waals surface area contributed by atoms with Crippen LogP contribution in [0.2, 0.25) is 0 Å². The number of hydrogen-bond donors (Lipinski definition) is 1. The van der Waals surface area contributed by atoms with Crippen LogP contribution >= 0.6 is 0 Å². The summed E-state index contributed by atoms with van der Waals surface area (Å²) in [5.41, 5.74) is 4.55. The second-order valence-corrected chi connectivity index (χ2v) is 6.36. The zero-order valence-corrected chi connectivity index (χ0v) is 13.9. The molecule has 1 saturated heterocycles. The van der Waals surface area contributed by atoms with Crippen LogP contribution in [-0.2, 0) is 20.7 Å². The van der Waals surface area contributed by atoms with Gasteiger partial charge >= 0.3 is 5.97 Å². The number of carbonyl (C=O) groups is 2. The van der Waals surface area contributed by atoms with Gasteiger partial charge in [0, 0.05) is 40.7 Å². The number of hydrogen-bond acceptors (Lipinski definition) is 3. The van der Waals surface area contributed by atoms with Gasteiger partial charge in [-0.15, -0.1) is 0 Å². The molecule has 0 spiro atoms. The van der Waals surface area contributed by atoms with Gasteiger partial charge in [0.15, 0.2) is 0 Å². The van der Waals surface area contributed by atoms with E-state index < -0.39 is 5.97 Å². The van der Waals surface area contributed by atoms with Crippen LogP contribution in [0.3, 0.4) is 0 Å². The van der Waals surface area contributed by atoms with Gasteiger partial charge in [-0.25, -0.2) is 4.79 Å². The average molecular weight is 324 g/mol. The van der Waals surface area contributed by atoms with Crippen LogP contribution in [0.5, 0.6) is 0 Å². The summed E-state index contributed by atoms with van der Waals surface area (Å²) in [6, 6.07) is 8.23. The number of nitrogens with one attached hydrogen (secondary N) is 1. The Kier molecular flexibility index (Phi) is 3.44. The summed E-state index contributed by atoms with van der Waals surface area (Å²) in [5, 5.41) is 1.24. The number of aromatic nitrogens is 1. The van der Waals surface area contributed by atoms with Crippen molar-refractivity contribution in [1.29, 1.82) is 0 Å². The zero-order chi connectivity index (χ0) is 16.8. The number of aromatic amines is 1. The monoisotopic (exact) mass is 324 g/mol. The fourth-order valence-electron chi connectivity index (χ4n) is 3.90. The summed E-state index contributed by atoms with van der Waals surface area (Å²) >= 11 is 0. The molecule has 0 bridgehead atoms. The summed E-state index contributed by atoms with van der Waals surface area (Å²) in [4.78, 5) is 30.1. The number of esters is 1. The normalized spacial score (nSPS) is 21.7. The van der Waals surface area contributed by atoms with Crippen molar-refractivity contribution in [3.63, 3.8) is 0 Å². The first kappa shape index (κ1) is 15.0. The van der Waals surface area contributed by atoms with E-state index in [0.29, 0.717) is 30.7 Å². The van der Waals surface area contributed by atoms with Gasteiger partial charge in [-0.3, -0.25) is 4.79 Å². The van der Waals surface area contributed by atoms with E-state index in [-0.39, 0.29) is 11.9 Å². The fraction of sp³-hybridized carbons (Fsp3) is 0.368. The van der Waals surface area contributed by atoms with Crippen molar-refractivity contribution in [2.45, 2.75) is 32.7 Å². The van der Waals surface area contributed by atoms with Crippen LogP contribution in [0, 0.1) is 0 Å². The van der Waals surface area contributed by atoms with Crippen molar-refractivity contribution >= 4 is 22.8 Å². The van der Waals surface area contributed by atoms with Crippen molar-refractivity contribution < 1.29 is 14.3 Å². The van der Waals surface area contributed by atoms with Crippen molar-refractivity contribution in [2.75, 3.05) is 13.2 Å². The molecule has 1 N–H and O–H groups in total. The van der Waals surface area contributed by atoms with Gasteiger partial charge in [-0.1, -0.05) is 18.2 Å². The lowest BCUT2D eigenvalue weighted by Gasteiger charge is -2.29. The number of amides is 1. The first-order valence-corrected chi connectivity index (χ1v) is 8.39. The molecule has 1 atom stereocenters. The highest BCUT2D eigenvalue weighted by Crippen LogP contribution is 2.43. The summed E-state index contributed by atoms with van der Waals surface area (Å²) in [7, 11) is 0. The molecular weight excluding hydrogens is 304 g/mol. The second kappa shape index (κ2) is 5.51. The van der Waals surface area contributed by atoms with E-state index in [1.165, 1.54) is 10.9 Å². The topological polar surface area (TPSA) is 62.4 Å². The molecule has 0 radical (unpaired) electrons. The predicted octanol–water partition coefficient (Wildman–Crippen LogP) is 2.88. The third-order valence-corrected chi connectivity index (χ3v) is 5.11. The van der Waals surface area contributed by atoms with E-state index in [4.69, 9.17) is 4.74 Å². The molecule has 1 aromatic carbocycles. The molecule has 0 saturated carbocycles. The SMILES string of the molecule is CCOC(=O)/C(C)=C1\CC2c3[nH]c4ccccc4c3CCN2C1=O. The number of para-hydroxylation sites is 1. The van der Waals surface area contributed by atoms with E-state index in [1.54, 1.807) is 13.8 Å². The molecule has 2 aromatic rings. The van der Waals surface area contributed by atoms with Gasteiger partial charge in [-0.05, 0) is 31.9 Å². The summed E-state index contributed by atoms with van der Waals surface area (Å²) in [6.45, 7) is 4.47. The van der Waals surface area contributed by atoms with E-state index in [1.807, 2.05) is 17.0 Å². The van der Waals surface area contributed by atoms with Gasteiger partial charge < -0.3 is 14.6 Å². The molecule has 4 rings (SSSR count). The van der Waals surface area contributed by atoms with Gasteiger partial charge in [0.25, 0.3) is 5.91 Å². The molecule has 3 heterocycles. The van der Waals surface area contributed by atoms with Crippen molar-refractivity contribution in [3.05, 3.63) is 46.7 Å². The number of nitrogens with zero attached hydrogens (tertiary/aromatic N) is 1. The lowest BCUT2D eigenvalue weighted by atomic mass is 9.96. The number of benzene rings is 1. The Morgan fingerprint density at radius 2 is 2.17 bits per heavy atom. The van der Waals surface area contributed by atoms with Crippen LogP contribution < -0.4 is 0 Å². The number of carbonyl (C=O) groups excluding carboxylic acids is 2. The first-order valence-electron chi connectivity index (χ1n) is 8.39. The third-order valence-electron chi connectivity index (χ3n) is 5.11. The molecule has 2 aliphatic rings. The second-order valence-electron chi connectivity index (χ2n) is 6.36. The molecule has 24 heavy (non-hydrogen) atoms. The van der Waals surface area contributed by atoms with Gasteiger partial charge in [0.1, 0.15) is 0 Å². The van der Waals surface area contributed by atoms with Crippen LogP contribution in [0.1, 0.15) is 37.6 Å². The quantitative estimate of drug-likeness (QED) is 0.682. The Morgan fingerprint density at radius 1 is 1.38 bits per heavy atom. The number of rotatable bonds is 2. The highest BCUT2D eigenvalue weighted by molar-refractivity contribution is 6.04. The summed E-state index contributed by atoms with van der Waals surface area (Å²) in [5.74, 6) is -0.424. The Labute approximate surface area is 140 Å². The predicted molar refractivity (Wildman–Crippen MR) is 90.4 cm³/mol. The van der Waals surface area contributed by atoms with Crippen LogP contribution in [-0.4, -0.2) is 34.9 Å². The highest BCUT2D eigenvalue weighted by Gasteiger charge is 2.42. The van der Waals surface area contributed by atoms with E-state index in [0.717, 1.165) is 17.6 Å². The van der Waals surface area contributed by atoms with Gasteiger partial charge in [-0.2, -0.15) is 0 Å².